The van der Waals surface area contributed by atoms with E-state index in [1.807, 2.05) is 30.0 Å². The topological polar surface area (TPSA) is 56.0 Å². The molecule has 0 amide bonds. The summed E-state index contributed by atoms with van der Waals surface area (Å²) in [4.78, 5) is 0. The van der Waals surface area contributed by atoms with Crippen LogP contribution in [0.4, 0.5) is 0 Å². The first-order valence-corrected chi connectivity index (χ1v) is 7.37. The molecule has 1 heterocycles. The van der Waals surface area contributed by atoms with Crippen LogP contribution in [0, 0.1) is 11.3 Å². The molecule has 0 unspecified atom stereocenters. The average Bonchev–Trinajstić information content (AvgIpc) is 2.40. The second kappa shape index (κ2) is 6.24. The van der Waals surface area contributed by atoms with Crippen molar-refractivity contribution in [3.8, 4) is 6.07 Å². The van der Waals surface area contributed by atoms with E-state index >= 15 is 0 Å². The van der Waals surface area contributed by atoms with Crippen molar-refractivity contribution >= 4 is 11.8 Å². The lowest BCUT2D eigenvalue weighted by Gasteiger charge is -2.32. The van der Waals surface area contributed by atoms with Crippen LogP contribution in [0.3, 0.4) is 0 Å². The lowest BCUT2D eigenvalue weighted by Crippen LogP contribution is -2.43. The van der Waals surface area contributed by atoms with E-state index in [0.29, 0.717) is 18.7 Å². The van der Waals surface area contributed by atoms with Crippen molar-refractivity contribution in [2.24, 2.45) is 0 Å². The molecule has 3 nitrogen and oxygen atoms in total. The van der Waals surface area contributed by atoms with Gasteiger partial charge in [0.25, 0.3) is 0 Å². The van der Waals surface area contributed by atoms with Crippen LogP contribution < -0.4 is 5.32 Å². The molecule has 1 aliphatic rings. The summed E-state index contributed by atoms with van der Waals surface area (Å²) in [6, 6.07) is 9.70. The quantitative estimate of drug-likeness (QED) is 0.870. The van der Waals surface area contributed by atoms with Crippen molar-refractivity contribution in [1.29, 1.82) is 5.26 Å². The van der Waals surface area contributed by atoms with Gasteiger partial charge in [-0.15, -0.1) is 0 Å². The molecule has 1 aromatic rings. The van der Waals surface area contributed by atoms with Gasteiger partial charge in [-0.05, 0) is 42.0 Å². The van der Waals surface area contributed by atoms with Crippen molar-refractivity contribution in [2.75, 3.05) is 18.1 Å². The first kappa shape index (κ1) is 13.4. The fourth-order valence-electron chi connectivity index (χ4n) is 2.12. The number of hydrogen-bond acceptors (Lipinski definition) is 4. The summed E-state index contributed by atoms with van der Waals surface area (Å²) in [6.07, 6.45) is 1.73. The Labute approximate surface area is 112 Å². The fourth-order valence-corrected chi connectivity index (χ4v) is 3.37. The van der Waals surface area contributed by atoms with E-state index in [4.69, 9.17) is 5.26 Å². The molecule has 18 heavy (non-hydrogen) atoms. The first-order valence-electron chi connectivity index (χ1n) is 6.22. The van der Waals surface area contributed by atoms with Gasteiger partial charge in [-0.2, -0.15) is 17.0 Å². The molecule has 96 valence electrons. The Balaban J connectivity index is 1.82. The van der Waals surface area contributed by atoms with Crippen molar-refractivity contribution < 1.29 is 5.11 Å². The van der Waals surface area contributed by atoms with E-state index in [9.17, 15) is 5.11 Å². The molecule has 1 aromatic carbocycles. The highest BCUT2D eigenvalue weighted by molar-refractivity contribution is 7.99. The first-order chi connectivity index (χ1) is 8.72. The third-order valence-electron chi connectivity index (χ3n) is 3.26. The SMILES string of the molecule is N#Cc1cccc(CNCC2(O)CCSCC2)c1. The molecule has 2 rings (SSSR count). The molecule has 0 saturated carbocycles. The summed E-state index contributed by atoms with van der Waals surface area (Å²) in [6.45, 7) is 1.33. The molecule has 1 fully saturated rings. The lowest BCUT2D eigenvalue weighted by atomic mass is 9.97. The maximum Gasteiger partial charge on any atom is 0.0991 e. The molecular formula is C14H18N2OS. The van der Waals surface area contributed by atoms with Gasteiger partial charge in [-0.3, -0.25) is 0 Å². The van der Waals surface area contributed by atoms with Crippen molar-refractivity contribution in [2.45, 2.75) is 25.0 Å². The standard InChI is InChI=1S/C14H18N2OS/c15-9-12-2-1-3-13(8-12)10-16-11-14(17)4-6-18-7-5-14/h1-3,8,16-17H,4-7,10-11H2. The maximum absolute atomic E-state index is 10.3. The number of rotatable bonds is 4. The van der Waals surface area contributed by atoms with E-state index in [1.54, 1.807) is 6.07 Å². The summed E-state index contributed by atoms with van der Waals surface area (Å²) >= 11 is 1.91. The molecule has 0 bridgehead atoms. The largest absolute Gasteiger partial charge is 0.389 e. The third-order valence-corrected chi connectivity index (χ3v) is 4.25. The zero-order valence-electron chi connectivity index (χ0n) is 10.4. The highest BCUT2D eigenvalue weighted by Crippen LogP contribution is 2.26. The third kappa shape index (κ3) is 3.74. The van der Waals surface area contributed by atoms with Crippen LogP contribution in [-0.4, -0.2) is 28.8 Å². The Kier molecular flexibility index (Phi) is 4.65. The highest BCUT2D eigenvalue weighted by atomic mass is 32.2. The number of nitrogens with zero attached hydrogens (tertiary/aromatic N) is 1. The van der Waals surface area contributed by atoms with E-state index in [-0.39, 0.29) is 0 Å². The van der Waals surface area contributed by atoms with Gasteiger partial charge in [-0.1, -0.05) is 12.1 Å². The van der Waals surface area contributed by atoms with Crippen LogP contribution in [0.25, 0.3) is 0 Å². The summed E-state index contributed by atoms with van der Waals surface area (Å²) in [5, 5.41) is 22.4. The predicted octanol–water partition coefficient (Wildman–Crippen LogP) is 1.91. The molecular weight excluding hydrogens is 244 g/mol. The van der Waals surface area contributed by atoms with Gasteiger partial charge in [0.05, 0.1) is 17.2 Å². The smallest absolute Gasteiger partial charge is 0.0991 e. The second-order valence-electron chi connectivity index (χ2n) is 4.75. The van der Waals surface area contributed by atoms with Gasteiger partial charge >= 0.3 is 0 Å². The minimum Gasteiger partial charge on any atom is -0.389 e. The summed E-state index contributed by atoms with van der Waals surface area (Å²) in [7, 11) is 0. The Hall–Kier alpha value is -1.02. The Morgan fingerprint density at radius 3 is 2.89 bits per heavy atom. The maximum atomic E-state index is 10.3. The van der Waals surface area contributed by atoms with Crippen molar-refractivity contribution in [1.82, 2.24) is 5.32 Å². The minimum absolute atomic E-state index is 0.544. The number of thioether (sulfide) groups is 1. The molecule has 1 saturated heterocycles. The van der Waals surface area contributed by atoms with E-state index in [0.717, 1.165) is 29.9 Å². The van der Waals surface area contributed by atoms with Crippen LogP contribution in [0.1, 0.15) is 24.0 Å². The van der Waals surface area contributed by atoms with Crippen molar-refractivity contribution in [3.63, 3.8) is 0 Å². The van der Waals surface area contributed by atoms with Gasteiger partial charge in [0.15, 0.2) is 0 Å². The number of nitrogens with one attached hydrogen (secondary N) is 1. The molecule has 1 aliphatic heterocycles. The second-order valence-corrected chi connectivity index (χ2v) is 5.98. The van der Waals surface area contributed by atoms with Gasteiger partial charge in [0, 0.05) is 13.1 Å². The molecule has 0 aliphatic carbocycles. The van der Waals surface area contributed by atoms with E-state index in [1.165, 1.54) is 0 Å². The number of hydrogen-bond donors (Lipinski definition) is 2. The Morgan fingerprint density at radius 1 is 1.39 bits per heavy atom. The monoisotopic (exact) mass is 262 g/mol. The van der Waals surface area contributed by atoms with Crippen LogP contribution in [-0.2, 0) is 6.54 Å². The van der Waals surface area contributed by atoms with Gasteiger partial charge < -0.3 is 10.4 Å². The summed E-state index contributed by atoms with van der Waals surface area (Å²) in [5.41, 5.74) is 1.22. The zero-order valence-corrected chi connectivity index (χ0v) is 11.2. The molecule has 2 N–H and O–H groups in total. The van der Waals surface area contributed by atoms with Crippen LogP contribution in [0.15, 0.2) is 24.3 Å². The normalized spacial score (nSPS) is 18.2. The number of benzene rings is 1. The summed E-state index contributed by atoms with van der Waals surface area (Å²) in [5.74, 6) is 2.09. The molecule has 4 heteroatoms. The number of aliphatic hydroxyl groups is 1. The molecule has 0 radical (unpaired) electrons. The van der Waals surface area contributed by atoms with E-state index in [2.05, 4.69) is 11.4 Å². The molecule has 0 spiro atoms. The van der Waals surface area contributed by atoms with Crippen molar-refractivity contribution in [3.05, 3.63) is 35.4 Å². The van der Waals surface area contributed by atoms with Gasteiger partial charge in [0.2, 0.25) is 0 Å². The minimum atomic E-state index is -0.544. The molecule has 0 aromatic heterocycles. The van der Waals surface area contributed by atoms with Crippen LogP contribution in [0.5, 0.6) is 0 Å². The summed E-state index contributed by atoms with van der Waals surface area (Å²) < 4.78 is 0. The predicted molar refractivity (Wildman–Crippen MR) is 74.4 cm³/mol. The fraction of sp³-hybridized carbons (Fsp3) is 0.500. The Bertz CT molecular complexity index is 436. The highest BCUT2D eigenvalue weighted by Gasteiger charge is 2.28. The van der Waals surface area contributed by atoms with Gasteiger partial charge in [0.1, 0.15) is 0 Å². The van der Waals surface area contributed by atoms with E-state index < -0.39 is 5.60 Å². The van der Waals surface area contributed by atoms with Crippen LogP contribution >= 0.6 is 11.8 Å². The number of nitriles is 1. The van der Waals surface area contributed by atoms with Crippen LogP contribution in [0.2, 0.25) is 0 Å². The Morgan fingerprint density at radius 2 is 2.17 bits per heavy atom. The zero-order chi connectivity index (χ0) is 12.8. The lowest BCUT2D eigenvalue weighted by molar-refractivity contribution is 0.0320. The molecule has 0 atom stereocenters. The van der Waals surface area contributed by atoms with Gasteiger partial charge in [-0.25, -0.2) is 0 Å². The average molecular weight is 262 g/mol.